The number of hydrogen-bond acceptors (Lipinski definition) is 6. The lowest BCUT2D eigenvalue weighted by atomic mass is 9.94. The van der Waals surface area contributed by atoms with Crippen LogP contribution in [0.3, 0.4) is 0 Å². The molecule has 24 heavy (non-hydrogen) atoms. The molecule has 2 aromatic rings. The second-order valence-corrected chi connectivity index (χ2v) is 6.37. The first-order chi connectivity index (χ1) is 11.7. The Morgan fingerprint density at radius 1 is 1.00 bits per heavy atom. The van der Waals surface area contributed by atoms with Crippen LogP contribution in [0.4, 0.5) is 11.8 Å². The summed E-state index contributed by atoms with van der Waals surface area (Å²) in [6.07, 6.45) is 4.23. The molecule has 0 unspecified atom stereocenters. The molecule has 1 aliphatic carbocycles. The van der Waals surface area contributed by atoms with Crippen molar-refractivity contribution in [1.82, 2.24) is 15.0 Å². The van der Waals surface area contributed by atoms with E-state index in [0.29, 0.717) is 6.42 Å². The summed E-state index contributed by atoms with van der Waals surface area (Å²) in [5, 5.41) is 0. The second-order valence-electron chi connectivity index (χ2n) is 6.37. The summed E-state index contributed by atoms with van der Waals surface area (Å²) in [6.45, 7) is 5.45. The summed E-state index contributed by atoms with van der Waals surface area (Å²) in [7, 11) is 0. The van der Waals surface area contributed by atoms with E-state index in [9.17, 15) is 4.79 Å². The van der Waals surface area contributed by atoms with Gasteiger partial charge in [0.25, 0.3) is 0 Å². The molecule has 0 atom stereocenters. The highest BCUT2D eigenvalue weighted by Gasteiger charge is 2.25. The lowest BCUT2D eigenvalue weighted by molar-refractivity contribution is 0.0970. The maximum Gasteiger partial charge on any atom is 0.225 e. The molecule has 0 radical (unpaired) electrons. The van der Waals surface area contributed by atoms with Gasteiger partial charge in [-0.25, -0.2) is 15.0 Å². The number of aryl methyl sites for hydroxylation is 2. The number of aromatic nitrogens is 3. The van der Waals surface area contributed by atoms with Crippen LogP contribution >= 0.6 is 0 Å². The molecule has 2 aliphatic rings. The summed E-state index contributed by atoms with van der Waals surface area (Å²) < 4.78 is 0. The van der Waals surface area contributed by atoms with Gasteiger partial charge in [0.2, 0.25) is 5.95 Å². The first kappa shape index (κ1) is 15.1. The van der Waals surface area contributed by atoms with E-state index in [0.717, 1.165) is 67.7 Å². The van der Waals surface area contributed by atoms with Crippen LogP contribution in [0.2, 0.25) is 0 Å². The second kappa shape index (κ2) is 6.19. The standard InChI is InChI=1S/C18H21N5O/c1-13-17-14(5-4-6-15(17)24)21-18(20-13)23-11-9-22(10-12-23)16-7-2-3-8-19-16/h2-3,7-8H,4-6,9-12H2,1H3. The number of hydrogen-bond donors (Lipinski definition) is 0. The lowest BCUT2D eigenvalue weighted by Crippen LogP contribution is -2.47. The Bertz CT molecular complexity index is 754. The van der Waals surface area contributed by atoms with Gasteiger partial charge in [0.1, 0.15) is 5.82 Å². The highest BCUT2D eigenvalue weighted by atomic mass is 16.1. The van der Waals surface area contributed by atoms with Crippen molar-refractivity contribution >= 4 is 17.5 Å². The fourth-order valence-corrected chi connectivity index (χ4v) is 3.52. The normalized spacial score (nSPS) is 17.8. The quantitative estimate of drug-likeness (QED) is 0.843. The average molecular weight is 323 g/mol. The number of rotatable bonds is 2. The maximum absolute atomic E-state index is 12.1. The van der Waals surface area contributed by atoms with Crippen molar-refractivity contribution in [2.24, 2.45) is 0 Å². The predicted octanol–water partition coefficient (Wildman–Crippen LogP) is 2.03. The average Bonchev–Trinajstić information content (AvgIpc) is 2.62. The minimum absolute atomic E-state index is 0.195. The minimum Gasteiger partial charge on any atom is -0.353 e. The van der Waals surface area contributed by atoms with Crippen LogP contribution in [0.25, 0.3) is 0 Å². The summed E-state index contributed by atoms with van der Waals surface area (Å²) in [5.41, 5.74) is 2.52. The van der Waals surface area contributed by atoms with Gasteiger partial charge in [-0.1, -0.05) is 6.07 Å². The summed E-state index contributed by atoms with van der Waals surface area (Å²) in [4.78, 5) is 30.3. The SMILES string of the molecule is Cc1nc(N2CCN(c3ccccn3)CC2)nc2c1C(=O)CCC2. The molecule has 2 aromatic heterocycles. The first-order valence-electron chi connectivity index (χ1n) is 8.54. The number of pyridine rings is 1. The monoisotopic (exact) mass is 323 g/mol. The van der Waals surface area contributed by atoms with Crippen LogP contribution in [-0.4, -0.2) is 46.9 Å². The van der Waals surface area contributed by atoms with Crippen LogP contribution in [0.1, 0.15) is 34.6 Å². The molecule has 124 valence electrons. The van der Waals surface area contributed by atoms with Crippen LogP contribution in [-0.2, 0) is 6.42 Å². The Morgan fingerprint density at radius 3 is 2.54 bits per heavy atom. The maximum atomic E-state index is 12.1. The van der Waals surface area contributed by atoms with E-state index < -0.39 is 0 Å². The molecule has 0 spiro atoms. The van der Waals surface area contributed by atoms with Crippen molar-refractivity contribution in [3.05, 3.63) is 41.3 Å². The number of Topliss-reactive ketones (excluding diaryl/α,β-unsaturated/α-hetero) is 1. The molecule has 0 N–H and O–H groups in total. The van der Waals surface area contributed by atoms with Crippen LogP contribution in [0.15, 0.2) is 24.4 Å². The molecule has 1 saturated heterocycles. The first-order valence-corrected chi connectivity index (χ1v) is 8.54. The zero-order valence-electron chi connectivity index (χ0n) is 13.9. The van der Waals surface area contributed by atoms with E-state index in [1.807, 2.05) is 31.3 Å². The minimum atomic E-state index is 0.195. The van der Waals surface area contributed by atoms with Crippen molar-refractivity contribution in [1.29, 1.82) is 0 Å². The topological polar surface area (TPSA) is 62.2 Å². The van der Waals surface area contributed by atoms with E-state index in [-0.39, 0.29) is 5.78 Å². The van der Waals surface area contributed by atoms with Gasteiger partial charge in [-0.15, -0.1) is 0 Å². The molecule has 1 aliphatic heterocycles. The van der Waals surface area contributed by atoms with Gasteiger partial charge in [-0.05, 0) is 31.9 Å². The Balaban J connectivity index is 1.52. The Morgan fingerprint density at radius 2 is 1.79 bits per heavy atom. The molecule has 3 heterocycles. The molecule has 0 aromatic carbocycles. The van der Waals surface area contributed by atoms with Crippen molar-refractivity contribution in [3.8, 4) is 0 Å². The molecule has 0 bridgehead atoms. The van der Waals surface area contributed by atoms with E-state index in [1.54, 1.807) is 0 Å². The lowest BCUT2D eigenvalue weighted by Gasteiger charge is -2.35. The fraction of sp³-hybridized carbons (Fsp3) is 0.444. The summed E-state index contributed by atoms with van der Waals surface area (Å²) in [5.74, 6) is 1.98. The van der Waals surface area contributed by atoms with E-state index in [4.69, 9.17) is 4.98 Å². The van der Waals surface area contributed by atoms with Crippen molar-refractivity contribution in [2.45, 2.75) is 26.2 Å². The van der Waals surface area contributed by atoms with Crippen LogP contribution in [0.5, 0.6) is 0 Å². The van der Waals surface area contributed by atoms with E-state index >= 15 is 0 Å². The Labute approximate surface area is 141 Å². The van der Waals surface area contributed by atoms with Gasteiger partial charge in [0.15, 0.2) is 5.78 Å². The zero-order valence-corrected chi connectivity index (χ0v) is 13.9. The predicted molar refractivity (Wildman–Crippen MR) is 92.7 cm³/mol. The largest absolute Gasteiger partial charge is 0.353 e. The van der Waals surface area contributed by atoms with Crippen molar-refractivity contribution in [3.63, 3.8) is 0 Å². The molecule has 4 rings (SSSR count). The number of piperazine rings is 1. The van der Waals surface area contributed by atoms with E-state index in [1.165, 1.54) is 0 Å². The third-order valence-corrected chi connectivity index (χ3v) is 4.79. The Hall–Kier alpha value is -2.50. The Kier molecular flexibility index (Phi) is 3.88. The highest BCUT2D eigenvalue weighted by Crippen LogP contribution is 2.25. The molecule has 1 fully saturated rings. The third-order valence-electron chi connectivity index (χ3n) is 4.79. The van der Waals surface area contributed by atoms with Gasteiger partial charge in [-0.2, -0.15) is 0 Å². The van der Waals surface area contributed by atoms with Crippen molar-refractivity contribution in [2.75, 3.05) is 36.0 Å². The number of carbonyl (C=O) groups is 1. The highest BCUT2D eigenvalue weighted by molar-refractivity contribution is 5.99. The van der Waals surface area contributed by atoms with Gasteiger partial charge < -0.3 is 9.80 Å². The van der Waals surface area contributed by atoms with Crippen LogP contribution < -0.4 is 9.80 Å². The number of fused-ring (bicyclic) bond motifs is 1. The summed E-state index contributed by atoms with van der Waals surface area (Å²) >= 11 is 0. The van der Waals surface area contributed by atoms with Gasteiger partial charge in [0, 0.05) is 38.8 Å². The van der Waals surface area contributed by atoms with Gasteiger partial charge >= 0.3 is 0 Å². The van der Waals surface area contributed by atoms with E-state index in [2.05, 4.69) is 19.8 Å². The molecular formula is C18H21N5O. The van der Waals surface area contributed by atoms with Gasteiger partial charge in [0.05, 0.1) is 17.0 Å². The number of anilines is 2. The molecule has 6 nitrogen and oxygen atoms in total. The third kappa shape index (κ3) is 2.72. The number of carbonyl (C=O) groups excluding carboxylic acids is 1. The molecular weight excluding hydrogens is 302 g/mol. The molecule has 6 heteroatoms. The molecule has 0 amide bonds. The smallest absolute Gasteiger partial charge is 0.225 e. The summed E-state index contributed by atoms with van der Waals surface area (Å²) in [6, 6.07) is 5.99. The van der Waals surface area contributed by atoms with Gasteiger partial charge in [-0.3, -0.25) is 4.79 Å². The fourth-order valence-electron chi connectivity index (χ4n) is 3.52. The van der Waals surface area contributed by atoms with Crippen molar-refractivity contribution < 1.29 is 4.79 Å². The number of nitrogens with zero attached hydrogens (tertiary/aromatic N) is 5. The number of ketones is 1. The molecule has 0 saturated carbocycles. The zero-order chi connectivity index (χ0) is 16.5. The van der Waals surface area contributed by atoms with Crippen LogP contribution in [0, 0.1) is 6.92 Å².